The van der Waals surface area contributed by atoms with Crippen molar-refractivity contribution in [1.82, 2.24) is 30.0 Å². The largest absolute Gasteiger partial charge is 0.444 e. The highest BCUT2D eigenvalue weighted by molar-refractivity contribution is 5.97. The van der Waals surface area contributed by atoms with Crippen molar-refractivity contribution in [3.8, 4) is 0 Å². The number of amides is 2. The molecule has 6 aliphatic rings. The third-order valence-electron chi connectivity index (χ3n) is 18.0. The van der Waals surface area contributed by atoms with Gasteiger partial charge in [0.15, 0.2) is 0 Å². The van der Waals surface area contributed by atoms with Gasteiger partial charge in [-0.25, -0.2) is 9.59 Å². The lowest BCUT2D eigenvalue weighted by Gasteiger charge is -2.42. The van der Waals surface area contributed by atoms with Crippen molar-refractivity contribution < 1.29 is 19.1 Å². The lowest BCUT2D eigenvalue weighted by molar-refractivity contribution is -0.00800. The van der Waals surface area contributed by atoms with Gasteiger partial charge in [0.2, 0.25) is 5.56 Å². The van der Waals surface area contributed by atoms with E-state index >= 15 is 0 Å². The summed E-state index contributed by atoms with van der Waals surface area (Å²) in [4.78, 5) is 38.0. The van der Waals surface area contributed by atoms with E-state index in [1.807, 2.05) is 77.9 Å². The topological polar surface area (TPSA) is 121 Å². The zero-order chi connectivity index (χ0) is 60.9. The van der Waals surface area contributed by atoms with Crippen LogP contribution in [0.5, 0.6) is 0 Å². The number of aryl methyl sites for hydroxylation is 1. The Kier molecular flexibility index (Phi) is 31.1. The average molecular weight is 1110 g/mol. The second-order valence-electron chi connectivity index (χ2n) is 29.0. The van der Waals surface area contributed by atoms with E-state index in [1.165, 1.54) is 70.3 Å². The van der Waals surface area contributed by atoms with Crippen molar-refractivity contribution in [2.45, 2.75) is 228 Å². The molecule has 5 aliphatic heterocycles. The first-order valence-corrected chi connectivity index (χ1v) is 31.0. The Balaban J connectivity index is 0.000000468. The maximum atomic E-state index is 11.9. The number of nitrogens with zero attached hydrogens (tertiary/aromatic N) is 5. The van der Waals surface area contributed by atoms with Gasteiger partial charge in [0.05, 0.1) is 11.4 Å². The summed E-state index contributed by atoms with van der Waals surface area (Å²) in [5, 5.41) is 12.8. The lowest BCUT2D eigenvalue weighted by atomic mass is 9.72. The number of aromatic nitrogens is 1. The summed E-state index contributed by atoms with van der Waals surface area (Å²) in [6, 6.07) is 3.49. The summed E-state index contributed by atoms with van der Waals surface area (Å²) in [5.74, 6) is 6.55. The molecular formula is C67H125N7O5. The van der Waals surface area contributed by atoms with Crippen LogP contribution in [0, 0.1) is 63.6 Å². The second kappa shape index (κ2) is 33.5. The van der Waals surface area contributed by atoms with Crippen molar-refractivity contribution in [3.05, 3.63) is 58.7 Å². The van der Waals surface area contributed by atoms with E-state index in [0.29, 0.717) is 45.8 Å². The van der Waals surface area contributed by atoms with Gasteiger partial charge in [-0.05, 0) is 193 Å². The monoisotopic (exact) mass is 1110 g/mol. The minimum Gasteiger partial charge on any atom is -0.444 e. The van der Waals surface area contributed by atoms with E-state index in [2.05, 4.69) is 140 Å². The Morgan fingerprint density at radius 3 is 1.35 bits per heavy atom. The number of nitrogens with one attached hydrogen (secondary N) is 2. The Bertz CT molecular complexity index is 2040. The number of rotatable bonds is 7. The number of hydrogen-bond donors (Lipinski definition) is 2. The number of carbonyl (C=O) groups excluding carboxylic acids is 2. The van der Waals surface area contributed by atoms with Gasteiger partial charge in [0.25, 0.3) is 0 Å². The summed E-state index contributed by atoms with van der Waals surface area (Å²) in [5.41, 5.74) is 4.22. The molecule has 6 heterocycles. The molecule has 7 rings (SSSR count). The number of hydrogen-bond acceptors (Lipinski definition) is 9. The maximum Gasteiger partial charge on any atom is 0.410 e. The van der Waals surface area contributed by atoms with Crippen molar-refractivity contribution in [1.29, 1.82) is 0 Å². The first-order chi connectivity index (χ1) is 36.3. The van der Waals surface area contributed by atoms with Crippen LogP contribution in [0.25, 0.3) is 0 Å². The molecule has 1 aromatic rings. The predicted octanol–water partition coefficient (Wildman–Crippen LogP) is 15.8. The van der Waals surface area contributed by atoms with Gasteiger partial charge in [-0.3, -0.25) is 9.80 Å². The summed E-state index contributed by atoms with van der Waals surface area (Å²) in [6.45, 7) is 62.0. The Hall–Kier alpha value is -3.64. The highest BCUT2D eigenvalue weighted by atomic mass is 16.6. The van der Waals surface area contributed by atoms with Crippen molar-refractivity contribution in [3.63, 3.8) is 0 Å². The lowest BCUT2D eigenvalue weighted by Crippen LogP contribution is -2.53. The molecular weight excluding hydrogens is 983 g/mol. The molecule has 2 N–H and O–H groups in total. The van der Waals surface area contributed by atoms with Gasteiger partial charge in [-0.2, -0.15) is 5.10 Å². The molecule has 0 aromatic carbocycles. The molecule has 458 valence electrons. The van der Waals surface area contributed by atoms with Crippen molar-refractivity contribution >= 4 is 17.9 Å². The first kappa shape index (κ1) is 73.4. The molecule has 12 heteroatoms. The minimum absolute atomic E-state index is 0.0504. The number of piperidine rings is 2. The first-order valence-electron chi connectivity index (χ1n) is 31.0. The smallest absolute Gasteiger partial charge is 0.410 e. The quantitative estimate of drug-likeness (QED) is 0.277. The molecule has 12 nitrogen and oxygen atoms in total. The number of allylic oxidation sites excluding steroid dienone is 2. The molecule has 1 saturated carbocycles. The molecule has 0 unspecified atom stereocenters. The van der Waals surface area contributed by atoms with Gasteiger partial charge in [-0.1, -0.05) is 143 Å². The SMILES string of the molecule is C=C1C=CC(C(C)C)=NN1C.CC(C)C1(C)CCCC1.CC(C)C1(C)CCN(C(=O)OC(C)(C)C)CC1.CC(C)C1(C)CCNCC1.CC(C)C1CN(C(=O)OC(C)(C)C)C1.CC(C)C1CNC1.CC(C)c1ccc(=O)n(C)c1. The standard InChI is InChI=1S/C14H27NO2.C11H21NO2.C9H14N2.C9H13NO.C9H19N.C9H18.C6H13N/c1-11(2)14(6)7-9-15(10-8-14)12(16)17-13(3,4)5;1-8(2)9-6-12(7-9)10(13)14-11(3,4)5;1-7(2)9-6-5-8(3)11(4)10-9;1-7(2)8-4-5-9(11)10(3)6-8;1-8(2)9(3)4-6-10-7-5-9;1-8(2)9(3)6-4-5-7-9;1-5(2)6-3-7-4-6/h11H,7-10H2,1-6H3;8-9H,6-7H2,1-5H3;5-7H,3H2,1-2,4H3;4-7H,1-3H3;8,10H,4-7H2,1-3H3;8H,4-7H2,1-3H3;5-7H,3-4H2,1-2H3. The molecule has 0 atom stereocenters. The maximum absolute atomic E-state index is 11.9. The van der Waals surface area contributed by atoms with E-state index < -0.39 is 5.60 Å². The zero-order valence-corrected chi connectivity index (χ0v) is 55.9. The van der Waals surface area contributed by atoms with Crippen LogP contribution in [0.2, 0.25) is 0 Å². The molecule has 1 aromatic heterocycles. The van der Waals surface area contributed by atoms with Gasteiger partial charge < -0.3 is 34.5 Å². The zero-order valence-electron chi connectivity index (χ0n) is 55.9. The summed E-state index contributed by atoms with van der Waals surface area (Å²) in [6.07, 6.45) is 16.3. The van der Waals surface area contributed by atoms with E-state index in [4.69, 9.17) is 9.47 Å². The third-order valence-corrected chi connectivity index (χ3v) is 18.0. The molecule has 5 fully saturated rings. The van der Waals surface area contributed by atoms with Gasteiger partial charge in [-0.15, -0.1) is 0 Å². The summed E-state index contributed by atoms with van der Waals surface area (Å²) in [7, 11) is 3.68. The fraction of sp³-hybridized carbons (Fsp3) is 0.821. The Morgan fingerprint density at radius 1 is 0.608 bits per heavy atom. The van der Waals surface area contributed by atoms with Crippen molar-refractivity contribution in [2.24, 2.45) is 75.7 Å². The van der Waals surface area contributed by atoms with Crippen LogP contribution in [-0.4, -0.2) is 108 Å². The Labute approximate surface area is 486 Å². The highest BCUT2D eigenvalue weighted by Gasteiger charge is 2.37. The average Bonchev–Trinajstić information content (AvgIpc) is 3.75. The number of likely N-dealkylation sites (N-methyl/N-ethyl adjacent to an activating group) is 1. The van der Waals surface area contributed by atoms with Gasteiger partial charge in [0, 0.05) is 52.5 Å². The van der Waals surface area contributed by atoms with Gasteiger partial charge in [0.1, 0.15) is 11.2 Å². The fourth-order valence-corrected chi connectivity index (χ4v) is 9.46. The number of ether oxygens (including phenoxy) is 2. The molecule has 2 amide bonds. The second-order valence-corrected chi connectivity index (χ2v) is 29.0. The van der Waals surface area contributed by atoms with Crippen LogP contribution in [-0.2, 0) is 16.5 Å². The van der Waals surface area contributed by atoms with Crippen molar-refractivity contribution in [2.75, 3.05) is 59.4 Å². The predicted molar refractivity (Wildman–Crippen MR) is 338 cm³/mol. The van der Waals surface area contributed by atoms with E-state index in [9.17, 15) is 14.4 Å². The van der Waals surface area contributed by atoms with E-state index in [-0.39, 0.29) is 23.3 Å². The third kappa shape index (κ3) is 27.3. The van der Waals surface area contributed by atoms with Crippen LogP contribution in [0.3, 0.4) is 0 Å². The molecule has 0 spiro atoms. The summed E-state index contributed by atoms with van der Waals surface area (Å²) >= 11 is 0. The van der Waals surface area contributed by atoms with E-state index in [0.717, 1.165) is 74.1 Å². The molecule has 79 heavy (non-hydrogen) atoms. The van der Waals surface area contributed by atoms with E-state index in [1.54, 1.807) is 27.6 Å². The van der Waals surface area contributed by atoms with Crippen LogP contribution in [0.15, 0.2) is 52.7 Å². The number of likely N-dealkylation sites (tertiary alicyclic amines) is 2. The molecule has 0 radical (unpaired) electrons. The normalized spacial score (nSPS) is 19.7. The number of pyridine rings is 1. The highest BCUT2D eigenvalue weighted by Crippen LogP contribution is 2.43. The summed E-state index contributed by atoms with van der Waals surface area (Å²) < 4.78 is 12.3. The fourth-order valence-electron chi connectivity index (χ4n) is 9.46. The molecule has 1 aliphatic carbocycles. The molecule has 4 saturated heterocycles. The van der Waals surface area contributed by atoms with Gasteiger partial charge >= 0.3 is 12.2 Å². The van der Waals surface area contributed by atoms with Crippen LogP contribution in [0.1, 0.15) is 222 Å². The molecule has 0 bridgehead atoms. The van der Waals surface area contributed by atoms with Crippen LogP contribution in [0.4, 0.5) is 9.59 Å². The Morgan fingerprint density at radius 2 is 1.04 bits per heavy atom. The minimum atomic E-state index is -0.393. The van der Waals surface area contributed by atoms with Crippen LogP contribution >= 0.6 is 0 Å². The van der Waals surface area contributed by atoms with Crippen LogP contribution < -0.4 is 16.2 Å². The number of hydrazone groups is 1. The number of carbonyl (C=O) groups is 2.